The average molecular weight is 208 g/mol. The molecular weight excluding hydrogens is 200 g/mol. The molecule has 0 unspecified atom stereocenters. The lowest BCUT2D eigenvalue weighted by Crippen LogP contribution is -2.03. The average Bonchev–Trinajstić information content (AvgIpc) is 2.84. The molecule has 0 aromatic carbocycles. The van der Waals surface area contributed by atoms with Crippen molar-refractivity contribution >= 4 is 5.97 Å². The SMILES string of the molecule is COC(=O)c1nc(-c2ccon2)oc1C. The van der Waals surface area contributed by atoms with Crippen molar-refractivity contribution in [2.75, 3.05) is 7.11 Å². The van der Waals surface area contributed by atoms with Crippen LogP contribution in [0.2, 0.25) is 0 Å². The largest absolute Gasteiger partial charge is 0.464 e. The minimum Gasteiger partial charge on any atom is -0.464 e. The molecule has 2 rings (SSSR count). The second-order valence-corrected chi connectivity index (χ2v) is 2.80. The zero-order chi connectivity index (χ0) is 10.8. The van der Waals surface area contributed by atoms with E-state index >= 15 is 0 Å². The highest BCUT2D eigenvalue weighted by Gasteiger charge is 2.19. The molecule has 0 atom stereocenters. The Labute approximate surface area is 84.8 Å². The van der Waals surface area contributed by atoms with Gasteiger partial charge in [0.2, 0.25) is 5.89 Å². The van der Waals surface area contributed by atoms with Crippen LogP contribution in [0.4, 0.5) is 0 Å². The Hall–Kier alpha value is -2.11. The van der Waals surface area contributed by atoms with Crippen LogP contribution < -0.4 is 0 Å². The standard InChI is InChI=1S/C9H8N2O4/c1-5-7(9(12)13-2)10-8(15-5)6-3-4-14-11-6/h3-4H,1-2H3. The molecule has 0 fully saturated rings. The van der Waals surface area contributed by atoms with Gasteiger partial charge in [0.05, 0.1) is 7.11 Å². The summed E-state index contributed by atoms with van der Waals surface area (Å²) in [6, 6.07) is 1.59. The Kier molecular flexibility index (Phi) is 2.24. The van der Waals surface area contributed by atoms with Gasteiger partial charge in [-0.25, -0.2) is 9.78 Å². The van der Waals surface area contributed by atoms with E-state index in [4.69, 9.17) is 4.42 Å². The number of oxazole rings is 1. The normalized spacial score (nSPS) is 10.3. The highest BCUT2D eigenvalue weighted by Crippen LogP contribution is 2.20. The fraction of sp³-hybridized carbons (Fsp3) is 0.222. The molecule has 2 aromatic heterocycles. The highest BCUT2D eigenvalue weighted by atomic mass is 16.5. The van der Waals surface area contributed by atoms with Crippen molar-refractivity contribution in [1.82, 2.24) is 10.1 Å². The van der Waals surface area contributed by atoms with E-state index in [0.717, 1.165) is 0 Å². The smallest absolute Gasteiger partial charge is 0.360 e. The summed E-state index contributed by atoms with van der Waals surface area (Å²) in [6.07, 6.45) is 1.40. The predicted molar refractivity (Wildman–Crippen MR) is 48.1 cm³/mol. The number of hydrogen-bond acceptors (Lipinski definition) is 6. The van der Waals surface area contributed by atoms with Crippen molar-refractivity contribution in [3.63, 3.8) is 0 Å². The fourth-order valence-electron chi connectivity index (χ4n) is 1.11. The molecular formula is C9H8N2O4. The van der Waals surface area contributed by atoms with Crippen molar-refractivity contribution in [3.8, 4) is 11.6 Å². The lowest BCUT2D eigenvalue weighted by Gasteiger charge is -1.91. The number of nitrogens with zero attached hydrogens (tertiary/aromatic N) is 2. The summed E-state index contributed by atoms with van der Waals surface area (Å²) in [5.74, 6) is 0.0903. The second kappa shape index (κ2) is 3.56. The first kappa shape index (κ1) is 9.45. The summed E-state index contributed by atoms with van der Waals surface area (Å²) in [5, 5.41) is 3.64. The van der Waals surface area contributed by atoms with Crippen molar-refractivity contribution in [2.45, 2.75) is 6.92 Å². The van der Waals surface area contributed by atoms with Crippen molar-refractivity contribution in [2.24, 2.45) is 0 Å². The van der Waals surface area contributed by atoms with Gasteiger partial charge in [-0.05, 0) is 6.92 Å². The van der Waals surface area contributed by atoms with E-state index in [9.17, 15) is 4.79 Å². The third kappa shape index (κ3) is 1.61. The lowest BCUT2D eigenvalue weighted by atomic mass is 10.4. The molecule has 0 radical (unpaired) electrons. The molecule has 0 aliphatic carbocycles. The molecule has 0 spiro atoms. The number of carbonyl (C=O) groups excluding carboxylic acids is 1. The van der Waals surface area contributed by atoms with Crippen LogP contribution in [0, 0.1) is 6.92 Å². The minimum atomic E-state index is -0.536. The van der Waals surface area contributed by atoms with Gasteiger partial charge in [-0.1, -0.05) is 5.16 Å². The van der Waals surface area contributed by atoms with Gasteiger partial charge in [0.1, 0.15) is 12.0 Å². The van der Waals surface area contributed by atoms with E-state index in [1.54, 1.807) is 13.0 Å². The lowest BCUT2D eigenvalue weighted by molar-refractivity contribution is 0.0593. The van der Waals surface area contributed by atoms with Gasteiger partial charge in [0.15, 0.2) is 11.4 Å². The highest BCUT2D eigenvalue weighted by molar-refractivity contribution is 5.88. The number of aryl methyl sites for hydroxylation is 1. The van der Waals surface area contributed by atoms with Crippen LogP contribution in [0.1, 0.15) is 16.2 Å². The zero-order valence-corrected chi connectivity index (χ0v) is 8.18. The van der Waals surface area contributed by atoms with Crippen LogP contribution in [0.3, 0.4) is 0 Å². The molecule has 15 heavy (non-hydrogen) atoms. The van der Waals surface area contributed by atoms with Gasteiger partial charge in [0.25, 0.3) is 0 Å². The van der Waals surface area contributed by atoms with E-state index in [2.05, 4.69) is 19.4 Å². The summed E-state index contributed by atoms with van der Waals surface area (Å²) in [7, 11) is 1.28. The van der Waals surface area contributed by atoms with Crippen molar-refractivity contribution < 1.29 is 18.5 Å². The summed E-state index contributed by atoms with van der Waals surface area (Å²) in [6.45, 7) is 1.63. The molecule has 2 heterocycles. The van der Waals surface area contributed by atoms with Crippen molar-refractivity contribution in [3.05, 3.63) is 23.8 Å². The quantitative estimate of drug-likeness (QED) is 0.694. The van der Waals surface area contributed by atoms with Crippen LogP contribution in [0.15, 0.2) is 21.3 Å². The number of hydrogen-bond donors (Lipinski definition) is 0. The topological polar surface area (TPSA) is 78.4 Å². The summed E-state index contributed by atoms with van der Waals surface area (Å²) >= 11 is 0. The van der Waals surface area contributed by atoms with E-state index in [-0.39, 0.29) is 11.6 Å². The molecule has 0 aliphatic rings. The van der Waals surface area contributed by atoms with Gasteiger partial charge >= 0.3 is 5.97 Å². The van der Waals surface area contributed by atoms with Crippen molar-refractivity contribution in [1.29, 1.82) is 0 Å². The molecule has 6 nitrogen and oxygen atoms in total. The summed E-state index contributed by atoms with van der Waals surface area (Å²) in [5.41, 5.74) is 0.587. The van der Waals surface area contributed by atoms with Gasteiger partial charge in [-0.3, -0.25) is 0 Å². The number of rotatable bonds is 2. The Morgan fingerprint density at radius 2 is 2.33 bits per heavy atom. The first-order valence-electron chi connectivity index (χ1n) is 4.19. The van der Waals surface area contributed by atoms with E-state index < -0.39 is 5.97 Å². The Morgan fingerprint density at radius 1 is 1.53 bits per heavy atom. The minimum absolute atomic E-state index is 0.149. The molecule has 6 heteroatoms. The third-order valence-corrected chi connectivity index (χ3v) is 1.83. The second-order valence-electron chi connectivity index (χ2n) is 2.80. The van der Waals surface area contributed by atoms with Crippen LogP contribution >= 0.6 is 0 Å². The monoisotopic (exact) mass is 208 g/mol. The first-order chi connectivity index (χ1) is 7.22. The molecule has 0 bridgehead atoms. The molecule has 0 N–H and O–H groups in total. The van der Waals surface area contributed by atoms with E-state index in [1.165, 1.54) is 13.4 Å². The number of carbonyl (C=O) groups is 1. The number of aromatic nitrogens is 2. The molecule has 0 saturated carbocycles. The van der Waals surface area contributed by atoms with Crippen LogP contribution in [0.25, 0.3) is 11.6 Å². The predicted octanol–water partition coefficient (Wildman–Crippen LogP) is 1.42. The number of methoxy groups -OCH3 is 1. The van der Waals surface area contributed by atoms with Gasteiger partial charge in [-0.15, -0.1) is 0 Å². The van der Waals surface area contributed by atoms with Crippen LogP contribution in [-0.4, -0.2) is 23.2 Å². The Bertz CT molecular complexity index is 472. The Balaban J connectivity index is 2.41. The zero-order valence-electron chi connectivity index (χ0n) is 8.18. The van der Waals surface area contributed by atoms with Crippen LogP contribution in [-0.2, 0) is 4.74 Å². The van der Waals surface area contributed by atoms with E-state index in [0.29, 0.717) is 11.5 Å². The van der Waals surface area contributed by atoms with Gasteiger partial charge in [0, 0.05) is 6.07 Å². The summed E-state index contributed by atoms with van der Waals surface area (Å²) in [4.78, 5) is 15.2. The molecule has 0 aliphatic heterocycles. The maximum Gasteiger partial charge on any atom is 0.360 e. The molecule has 0 saturated heterocycles. The van der Waals surface area contributed by atoms with Crippen LogP contribution in [0.5, 0.6) is 0 Å². The third-order valence-electron chi connectivity index (χ3n) is 1.83. The molecule has 2 aromatic rings. The Morgan fingerprint density at radius 3 is 2.93 bits per heavy atom. The molecule has 78 valence electrons. The maximum atomic E-state index is 11.2. The maximum absolute atomic E-state index is 11.2. The number of esters is 1. The van der Waals surface area contributed by atoms with E-state index in [1.807, 2.05) is 0 Å². The first-order valence-corrected chi connectivity index (χ1v) is 4.19. The van der Waals surface area contributed by atoms with Gasteiger partial charge < -0.3 is 13.7 Å². The van der Waals surface area contributed by atoms with Gasteiger partial charge in [-0.2, -0.15) is 0 Å². The summed E-state index contributed by atoms with van der Waals surface area (Å²) < 4.78 is 14.4. The molecule has 0 amide bonds. The fourth-order valence-corrected chi connectivity index (χ4v) is 1.11. The number of ether oxygens (including phenoxy) is 1.